The van der Waals surface area contributed by atoms with Gasteiger partial charge in [-0.2, -0.15) is 4.98 Å². The van der Waals surface area contributed by atoms with Gasteiger partial charge in [-0.15, -0.1) is 0 Å². The number of aromatic nitrogens is 1. The third-order valence-electron chi connectivity index (χ3n) is 2.50. The summed E-state index contributed by atoms with van der Waals surface area (Å²) in [5.74, 6) is 0.670. The number of nitrogens with zero attached hydrogens (tertiary/aromatic N) is 2. The highest BCUT2D eigenvalue weighted by atomic mass is 35.5. The SMILES string of the molecule is COc1nc(N(C)C)sc1CNc1cccc(Cl)c1. The van der Waals surface area contributed by atoms with Crippen LogP contribution >= 0.6 is 22.9 Å². The maximum atomic E-state index is 5.95. The lowest BCUT2D eigenvalue weighted by molar-refractivity contribution is 0.397. The van der Waals surface area contributed by atoms with Crippen LogP contribution < -0.4 is 15.0 Å². The Hall–Kier alpha value is -1.46. The van der Waals surface area contributed by atoms with Crippen LogP contribution in [0, 0.1) is 0 Å². The van der Waals surface area contributed by atoms with Gasteiger partial charge in [0, 0.05) is 24.8 Å². The Morgan fingerprint density at radius 2 is 2.21 bits per heavy atom. The van der Waals surface area contributed by atoms with E-state index in [1.54, 1.807) is 18.4 Å². The second kappa shape index (κ2) is 6.12. The zero-order chi connectivity index (χ0) is 13.8. The van der Waals surface area contributed by atoms with E-state index >= 15 is 0 Å². The Balaban J connectivity index is 2.10. The lowest BCUT2D eigenvalue weighted by Gasteiger charge is -2.06. The molecule has 102 valence electrons. The summed E-state index contributed by atoms with van der Waals surface area (Å²) in [6.07, 6.45) is 0. The summed E-state index contributed by atoms with van der Waals surface area (Å²) in [6.45, 7) is 0.662. The van der Waals surface area contributed by atoms with Crippen molar-refractivity contribution in [3.05, 3.63) is 34.2 Å². The van der Waals surface area contributed by atoms with Crippen LogP contribution in [0.2, 0.25) is 5.02 Å². The average Bonchev–Trinajstić information content (AvgIpc) is 2.80. The Bertz CT molecular complexity index is 557. The molecule has 0 atom stereocenters. The van der Waals surface area contributed by atoms with Gasteiger partial charge >= 0.3 is 0 Å². The second-order valence-electron chi connectivity index (χ2n) is 4.19. The molecule has 1 heterocycles. The summed E-state index contributed by atoms with van der Waals surface area (Å²) in [4.78, 5) is 7.44. The van der Waals surface area contributed by atoms with Crippen LogP contribution in [0.1, 0.15) is 4.88 Å². The molecule has 0 saturated carbocycles. The molecule has 0 aliphatic rings. The molecule has 0 aliphatic heterocycles. The maximum absolute atomic E-state index is 5.95. The minimum Gasteiger partial charge on any atom is -0.480 e. The molecule has 0 unspecified atom stereocenters. The van der Waals surface area contributed by atoms with Gasteiger partial charge in [-0.25, -0.2) is 0 Å². The van der Waals surface area contributed by atoms with Crippen molar-refractivity contribution in [3.8, 4) is 5.88 Å². The van der Waals surface area contributed by atoms with E-state index < -0.39 is 0 Å². The summed E-state index contributed by atoms with van der Waals surface area (Å²) in [7, 11) is 5.57. The van der Waals surface area contributed by atoms with Crippen LogP contribution in [-0.2, 0) is 6.54 Å². The highest BCUT2D eigenvalue weighted by molar-refractivity contribution is 7.15. The highest BCUT2D eigenvalue weighted by Gasteiger charge is 2.12. The molecule has 2 rings (SSSR count). The summed E-state index contributed by atoms with van der Waals surface area (Å²) in [5, 5.41) is 4.96. The summed E-state index contributed by atoms with van der Waals surface area (Å²) >= 11 is 7.56. The fraction of sp³-hybridized carbons (Fsp3) is 0.308. The van der Waals surface area contributed by atoms with Crippen LogP contribution in [0.4, 0.5) is 10.8 Å². The van der Waals surface area contributed by atoms with Crippen LogP contribution in [0.15, 0.2) is 24.3 Å². The van der Waals surface area contributed by atoms with Crippen LogP contribution in [0.5, 0.6) is 5.88 Å². The van der Waals surface area contributed by atoms with E-state index in [0.717, 1.165) is 20.7 Å². The summed E-state index contributed by atoms with van der Waals surface area (Å²) in [6, 6.07) is 7.64. The van der Waals surface area contributed by atoms with Gasteiger partial charge in [0.05, 0.1) is 18.5 Å². The molecule has 1 aromatic carbocycles. The van der Waals surface area contributed by atoms with Crippen molar-refractivity contribution in [3.63, 3.8) is 0 Å². The molecule has 2 aromatic rings. The minimum atomic E-state index is 0.662. The van der Waals surface area contributed by atoms with E-state index in [4.69, 9.17) is 16.3 Å². The number of ether oxygens (including phenoxy) is 1. The van der Waals surface area contributed by atoms with Crippen LogP contribution in [0.25, 0.3) is 0 Å². The normalized spacial score (nSPS) is 10.3. The van der Waals surface area contributed by atoms with Crippen molar-refractivity contribution >= 4 is 33.8 Å². The third kappa shape index (κ3) is 3.52. The number of anilines is 2. The maximum Gasteiger partial charge on any atom is 0.231 e. The van der Waals surface area contributed by atoms with Gasteiger partial charge in [0.15, 0.2) is 5.13 Å². The van der Waals surface area contributed by atoms with E-state index in [0.29, 0.717) is 12.4 Å². The Morgan fingerprint density at radius 3 is 2.84 bits per heavy atom. The predicted molar refractivity (Wildman–Crippen MR) is 81.8 cm³/mol. The summed E-state index contributed by atoms with van der Waals surface area (Å²) < 4.78 is 5.29. The number of thiazole rings is 1. The fourth-order valence-electron chi connectivity index (χ4n) is 1.57. The lowest BCUT2D eigenvalue weighted by Crippen LogP contribution is -2.07. The molecule has 1 aromatic heterocycles. The van der Waals surface area contributed by atoms with E-state index in [9.17, 15) is 0 Å². The number of hydrogen-bond acceptors (Lipinski definition) is 5. The quantitative estimate of drug-likeness (QED) is 0.917. The van der Waals surface area contributed by atoms with Crippen molar-refractivity contribution < 1.29 is 4.74 Å². The van der Waals surface area contributed by atoms with Crippen LogP contribution in [-0.4, -0.2) is 26.2 Å². The van der Waals surface area contributed by atoms with Crippen molar-refractivity contribution in [2.24, 2.45) is 0 Å². The Morgan fingerprint density at radius 1 is 1.42 bits per heavy atom. The standard InChI is InChI=1S/C13H16ClN3OS/c1-17(2)13-16-12(18-3)11(19-13)8-15-10-6-4-5-9(14)7-10/h4-7,15H,8H2,1-3H3. The molecule has 0 bridgehead atoms. The molecule has 0 amide bonds. The molecule has 6 heteroatoms. The van der Waals surface area contributed by atoms with Gasteiger partial charge < -0.3 is 15.0 Å². The van der Waals surface area contributed by atoms with E-state index in [1.807, 2.05) is 43.3 Å². The third-order valence-corrected chi connectivity index (χ3v) is 3.94. The molecule has 4 nitrogen and oxygen atoms in total. The Kier molecular flexibility index (Phi) is 4.50. The van der Waals surface area contributed by atoms with E-state index in [-0.39, 0.29) is 0 Å². The first-order chi connectivity index (χ1) is 9.10. The van der Waals surface area contributed by atoms with Gasteiger partial charge in [0.25, 0.3) is 0 Å². The summed E-state index contributed by atoms with van der Waals surface area (Å²) in [5.41, 5.74) is 0.981. The molecule has 0 fully saturated rings. The smallest absolute Gasteiger partial charge is 0.231 e. The van der Waals surface area contributed by atoms with Gasteiger partial charge in [0.1, 0.15) is 0 Å². The zero-order valence-electron chi connectivity index (χ0n) is 11.1. The number of nitrogens with one attached hydrogen (secondary N) is 1. The largest absolute Gasteiger partial charge is 0.480 e. The highest BCUT2D eigenvalue weighted by Crippen LogP contribution is 2.31. The average molecular weight is 298 g/mol. The molecular formula is C13H16ClN3OS. The number of rotatable bonds is 5. The predicted octanol–water partition coefficient (Wildman–Crippen LogP) is 3.48. The first-order valence-corrected chi connectivity index (χ1v) is 7.00. The van der Waals surface area contributed by atoms with E-state index in [1.165, 1.54) is 0 Å². The molecule has 0 radical (unpaired) electrons. The monoisotopic (exact) mass is 297 g/mol. The molecule has 0 aliphatic carbocycles. The van der Waals surface area contributed by atoms with Gasteiger partial charge in [-0.3, -0.25) is 0 Å². The number of hydrogen-bond donors (Lipinski definition) is 1. The first-order valence-electron chi connectivity index (χ1n) is 5.80. The molecule has 0 spiro atoms. The molecule has 1 N–H and O–H groups in total. The Labute approximate surface area is 122 Å². The topological polar surface area (TPSA) is 37.4 Å². The first kappa shape index (κ1) is 14.0. The van der Waals surface area contributed by atoms with Crippen molar-refractivity contribution in [2.45, 2.75) is 6.54 Å². The number of halogens is 1. The van der Waals surface area contributed by atoms with Crippen molar-refractivity contribution in [1.29, 1.82) is 0 Å². The fourth-order valence-corrected chi connectivity index (χ4v) is 2.65. The van der Waals surface area contributed by atoms with Crippen LogP contribution in [0.3, 0.4) is 0 Å². The van der Waals surface area contributed by atoms with E-state index in [2.05, 4.69) is 10.3 Å². The van der Waals surface area contributed by atoms with Crippen molar-refractivity contribution in [2.75, 3.05) is 31.4 Å². The zero-order valence-corrected chi connectivity index (χ0v) is 12.7. The number of benzene rings is 1. The van der Waals surface area contributed by atoms with Gasteiger partial charge in [0.2, 0.25) is 5.88 Å². The van der Waals surface area contributed by atoms with Gasteiger partial charge in [-0.1, -0.05) is 29.0 Å². The number of methoxy groups -OCH3 is 1. The molecule has 0 saturated heterocycles. The van der Waals surface area contributed by atoms with Gasteiger partial charge in [-0.05, 0) is 18.2 Å². The molecular weight excluding hydrogens is 282 g/mol. The lowest BCUT2D eigenvalue weighted by atomic mass is 10.3. The minimum absolute atomic E-state index is 0.662. The van der Waals surface area contributed by atoms with Crippen molar-refractivity contribution in [1.82, 2.24) is 4.98 Å². The molecule has 19 heavy (non-hydrogen) atoms. The second-order valence-corrected chi connectivity index (χ2v) is 5.69.